The second-order valence-electron chi connectivity index (χ2n) is 4.88. The van der Waals surface area contributed by atoms with E-state index in [9.17, 15) is 0 Å². The first-order valence-corrected chi connectivity index (χ1v) is 7.83. The Kier molecular flexibility index (Phi) is 4.71. The van der Waals surface area contributed by atoms with Crippen molar-refractivity contribution in [2.45, 2.75) is 25.9 Å². The molecule has 1 unspecified atom stereocenters. The molecular formula is C14H21N3OS. The Balaban J connectivity index is 2.04. The lowest BCUT2D eigenvalue weighted by molar-refractivity contribution is 0.224. The van der Waals surface area contributed by atoms with Crippen molar-refractivity contribution in [2.75, 3.05) is 24.8 Å². The SMILES string of the molecule is CSCCC(C)N(C)Cc1nc2cc(N)ccc2o1. The molecule has 1 heterocycles. The smallest absolute Gasteiger partial charge is 0.209 e. The topological polar surface area (TPSA) is 55.3 Å². The molecule has 0 aliphatic heterocycles. The van der Waals surface area contributed by atoms with Gasteiger partial charge in [-0.3, -0.25) is 4.90 Å². The average molecular weight is 279 g/mol. The molecule has 0 spiro atoms. The monoisotopic (exact) mass is 279 g/mol. The molecule has 1 atom stereocenters. The van der Waals surface area contributed by atoms with Crippen LogP contribution in [0.1, 0.15) is 19.2 Å². The van der Waals surface area contributed by atoms with Crippen LogP contribution in [0, 0.1) is 0 Å². The highest BCUT2D eigenvalue weighted by atomic mass is 32.2. The Bertz CT molecular complexity index is 540. The molecule has 104 valence electrons. The van der Waals surface area contributed by atoms with E-state index in [1.54, 1.807) is 0 Å². The largest absolute Gasteiger partial charge is 0.439 e. The average Bonchev–Trinajstić information content (AvgIpc) is 2.77. The fourth-order valence-electron chi connectivity index (χ4n) is 1.94. The summed E-state index contributed by atoms with van der Waals surface area (Å²) >= 11 is 1.88. The number of anilines is 1. The van der Waals surface area contributed by atoms with Gasteiger partial charge >= 0.3 is 0 Å². The second-order valence-corrected chi connectivity index (χ2v) is 5.87. The minimum atomic E-state index is 0.521. The molecule has 0 radical (unpaired) electrons. The molecular weight excluding hydrogens is 258 g/mol. The van der Waals surface area contributed by atoms with Crippen LogP contribution >= 0.6 is 11.8 Å². The van der Waals surface area contributed by atoms with E-state index in [-0.39, 0.29) is 0 Å². The van der Waals surface area contributed by atoms with Crippen LogP contribution in [0.4, 0.5) is 5.69 Å². The predicted octanol–water partition coefficient (Wildman–Crippen LogP) is 2.98. The number of nitrogen functional groups attached to an aromatic ring is 1. The number of fused-ring (bicyclic) bond motifs is 1. The number of rotatable bonds is 6. The molecule has 0 saturated carbocycles. The number of aromatic nitrogens is 1. The summed E-state index contributed by atoms with van der Waals surface area (Å²) < 4.78 is 5.73. The van der Waals surface area contributed by atoms with Crippen LogP contribution in [0.15, 0.2) is 22.6 Å². The van der Waals surface area contributed by atoms with Crippen LogP contribution in [0.25, 0.3) is 11.1 Å². The molecule has 0 saturated heterocycles. The van der Waals surface area contributed by atoms with Crippen molar-refractivity contribution < 1.29 is 4.42 Å². The molecule has 0 fully saturated rings. The Labute approximate surface area is 118 Å². The van der Waals surface area contributed by atoms with Crippen LogP contribution in [0.3, 0.4) is 0 Å². The number of thioether (sulfide) groups is 1. The van der Waals surface area contributed by atoms with Gasteiger partial charge in [0.15, 0.2) is 5.58 Å². The molecule has 2 rings (SSSR count). The number of nitrogens with two attached hydrogens (primary N) is 1. The van der Waals surface area contributed by atoms with Gasteiger partial charge in [0.2, 0.25) is 5.89 Å². The molecule has 0 bridgehead atoms. The zero-order valence-corrected chi connectivity index (χ0v) is 12.5. The fraction of sp³-hybridized carbons (Fsp3) is 0.500. The highest BCUT2D eigenvalue weighted by Crippen LogP contribution is 2.19. The van der Waals surface area contributed by atoms with Gasteiger partial charge in [-0.25, -0.2) is 4.98 Å². The van der Waals surface area contributed by atoms with E-state index in [1.165, 1.54) is 12.2 Å². The lowest BCUT2D eigenvalue weighted by Crippen LogP contribution is -2.29. The van der Waals surface area contributed by atoms with Crippen LogP contribution in [-0.2, 0) is 6.54 Å². The van der Waals surface area contributed by atoms with Crippen molar-refractivity contribution >= 4 is 28.5 Å². The molecule has 0 aliphatic rings. The summed E-state index contributed by atoms with van der Waals surface area (Å²) in [6.45, 7) is 2.96. The number of hydrogen-bond acceptors (Lipinski definition) is 5. The van der Waals surface area contributed by atoms with Crippen molar-refractivity contribution in [2.24, 2.45) is 0 Å². The normalized spacial score (nSPS) is 13.3. The van der Waals surface area contributed by atoms with Gasteiger partial charge in [0.05, 0.1) is 6.54 Å². The van der Waals surface area contributed by atoms with E-state index < -0.39 is 0 Å². The zero-order valence-electron chi connectivity index (χ0n) is 11.7. The van der Waals surface area contributed by atoms with Crippen molar-refractivity contribution in [1.29, 1.82) is 0 Å². The van der Waals surface area contributed by atoms with Crippen molar-refractivity contribution in [3.05, 3.63) is 24.1 Å². The summed E-state index contributed by atoms with van der Waals surface area (Å²) in [6, 6.07) is 6.08. The number of nitrogens with zero attached hydrogens (tertiary/aromatic N) is 2. The van der Waals surface area contributed by atoms with Gasteiger partial charge in [0.25, 0.3) is 0 Å². The van der Waals surface area contributed by atoms with Gasteiger partial charge in [0, 0.05) is 11.7 Å². The minimum Gasteiger partial charge on any atom is -0.439 e. The van der Waals surface area contributed by atoms with Crippen LogP contribution in [0.5, 0.6) is 0 Å². The highest BCUT2D eigenvalue weighted by Gasteiger charge is 2.13. The van der Waals surface area contributed by atoms with Gasteiger partial charge in [-0.1, -0.05) is 0 Å². The summed E-state index contributed by atoms with van der Waals surface area (Å²) in [7, 11) is 2.11. The first-order valence-electron chi connectivity index (χ1n) is 6.44. The van der Waals surface area contributed by atoms with E-state index >= 15 is 0 Å². The Hall–Kier alpha value is -1.20. The summed E-state index contributed by atoms with van der Waals surface area (Å²) in [5.41, 5.74) is 8.09. The van der Waals surface area contributed by atoms with E-state index in [0.717, 1.165) is 23.5 Å². The Morgan fingerprint density at radius 3 is 3.00 bits per heavy atom. The summed E-state index contributed by atoms with van der Waals surface area (Å²) in [4.78, 5) is 6.75. The van der Waals surface area contributed by atoms with Gasteiger partial charge in [-0.05, 0) is 50.6 Å². The van der Waals surface area contributed by atoms with Gasteiger partial charge < -0.3 is 10.2 Å². The minimum absolute atomic E-state index is 0.521. The summed E-state index contributed by atoms with van der Waals surface area (Å²) in [5, 5.41) is 0. The van der Waals surface area contributed by atoms with Crippen LogP contribution in [0.2, 0.25) is 0 Å². The maximum Gasteiger partial charge on any atom is 0.209 e. The Morgan fingerprint density at radius 2 is 2.26 bits per heavy atom. The van der Waals surface area contributed by atoms with Gasteiger partial charge in [-0.15, -0.1) is 0 Å². The second kappa shape index (κ2) is 6.30. The van der Waals surface area contributed by atoms with E-state index in [0.29, 0.717) is 11.7 Å². The standard InChI is InChI=1S/C14H21N3OS/c1-10(6-7-19-3)17(2)9-14-16-12-8-11(15)4-5-13(12)18-14/h4-5,8,10H,6-7,9,15H2,1-3H3. The molecule has 2 aromatic rings. The fourth-order valence-corrected chi connectivity index (χ4v) is 2.51. The molecule has 1 aromatic heterocycles. The molecule has 1 aromatic carbocycles. The molecule has 4 nitrogen and oxygen atoms in total. The summed E-state index contributed by atoms with van der Waals surface area (Å²) in [5.74, 6) is 1.93. The quantitative estimate of drug-likeness (QED) is 0.824. The lowest BCUT2D eigenvalue weighted by atomic mass is 10.2. The van der Waals surface area contributed by atoms with Gasteiger partial charge in [-0.2, -0.15) is 11.8 Å². The maximum absolute atomic E-state index is 5.74. The predicted molar refractivity (Wildman–Crippen MR) is 82.3 cm³/mol. The van der Waals surface area contributed by atoms with E-state index in [2.05, 4.69) is 30.1 Å². The molecule has 0 amide bonds. The van der Waals surface area contributed by atoms with E-state index in [4.69, 9.17) is 10.2 Å². The third-order valence-electron chi connectivity index (χ3n) is 3.33. The van der Waals surface area contributed by atoms with Crippen molar-refractivity contribution in [1.82, 2.24) is 9.88 Å². The first kappa shape index (κ1) is 14.2. The van der Waals surface area contributed by atoms with Crippen molar-refractivity contribution in [3.8, 4) is 0 Å². The number of oxazole rings is 1. The molecule has 2 N–H and O–H groups in total. The Morgan fingerprint density at radius 1 is 1.47 bits per heavy atom. The van der Waals surface area contributed by atoms with Crippen LogP contribution < -0.4 is 5.73 Å². The van der Waals surface area contributed by atoms with Crippen LogP contribution in [-0.4, -0.2) is 35.0 Å². The lowest BCUT2D eigenvalue weighted by Gasteiger charge is -2.22. The first-order chi connectivity index (χ1) is 9.10. The molecule has 0 aliphatic carbocycles. The van der Waals surface area contributed by atoms with Crippen molar-refractivity contribution in [3.63, 3.8) is 0 Å². The number of benzene rings is 1. The molecule has 5 heteroatoms. The van der Waals surface area contributed by atoms with E-state index in [1.807, 2.05) is 30.0 Å². The third-order valence-corrected chi connectivity index (χ3v) is 3.98. The van der Waals surface area contributed by atoms with Gasteiger partial charge in [0.1, 0.15) is 5.52 Å². The third kappa shape index (κ3) is 3.64. The summed E-state index contributed by atoms with van der Waals surface area (Å²) in [6.07, 6.45) is 3.31. The number of hydrogen-bond donors (Lipinski definition) is 1. The zero-order chi connectivity index (χ0) is 13.8. The highest BCUT2D eigenvalue weighted by molar-refractivity contribution is 7.98. The molecule has 19 heavy (non-hydrogen) atoms. The maximum atomic E-state index is 5.74.